The van der Waals surface area contributed by atoms with Crippen LogP contribution in [0.5, 0.6) is 0 Å². The van der Waals surface area contributed by atoms with Gasteiger partial charge in [-0.05, 0) is 19.9 Å². The Kier molecular flexibility index (Phi) is 5.66. The fourth-order valence-corrected chi connectivity index (χ4v) is 1.85. The topological polar surface area (TPSA) is 47.0 Å². The van der Waals surface area contributed by atoms with Crippen LogP contribution in [0.25, 0.3) is 0 Å². The number of nitrogens with one attached hydrogen (secondary N) is 1. The molecule has 0 spiro atoms. The van der Waals surface area contributed by atoms with E-state index in [0.29, 0.717) is 0 Å². The van der Waals surface area contributed by atoms with Crippen molar-refractivity contribution in [3.8, 4) is 0 Å². The molecule has 0 unspecified atom stereocenters. The highest BCUT2D eigenvalue weighted by atomic mass is 32.1. The smallest absolute Gasteiger partial charge is 0.117 e. The van der Waals surface area contributed by atoms with E-state index in [1.165, 1.54) is 0 Å². The summed E-state index contributed by atoms with van der Waals surface area (Å²) < 4.78 is 4.93. The molecule has 0 atom stereocenters. The molecule has 4 nitrogen and oxygen atoms in total. The first-order chi connectivity index (χ1) is 6.83. The Morgan fingerprint density at radius 2 is 2.21 bits per heavy atom. The monoisotopic (exact) mass is 215 g/mol. The molecule has 0 radical (unpaired) electrons. The van der Waals surface area contributed by atoms with Crippen molar-refractivity contribution < 1.29 is 4.74 Å². The standard InChI is InChI=1S/C9H17N3OS/c1-8-11-12-9(14-8)4-3-5-10-6-7-13-2/h10H,3-7H2,1-2H3. The van der Waals surface area contributed by atoms with Crippen molar-refractivity contribution >= 4 is 11.3 Å². The average molecular weight is 215 g/mol. The zero-order chi connectivity index (χ0) is 10.2. The molecule has 0 bridgehead atoms. The summed E-state index contributed by atoms with van der Waals surface area (Å²) in [5.74, 6) is 0. The van der Waals surface area contributed by atoms with Gasteiger partial charge in [-0.2, -0.15) is 0 Å². The first kappa shape index (κ1) is 11.6. The number of hydrogen-bond donors (Lipinski definition) is 1. The van der Waals surface area contributed by atoms with E-state index in [4.69, 9.17) is 4.74 Å². The molecule has 0 fully saturated rings. The first-order valence-corrected chi connectivity index (χ1v) is 5.63. The minimum absolute atomic E-state index is 0.776. The molecule has 0 aliphatic heterocycles. The number of aryl methyl sites for hydroxylation is 2. The van der Waals surface area contributed by atoms with E-state index in [2.05, 4.69) is 15.5 Å². The average Bonchev–Trinajstić information content (AvgIpc) is 2.58. The lowest BCUT2D eigenvalue weighted by atomic mass is 10.3. The third kappa shape index (κ3) is 4.64. The first-order valence-electron chi connectivity index (χ1n) is 4.81. The van der Waals surface area contributed by atoms with E-state index in [1.807, 2.05) is 6.92 Å². The maximum absolute atomic E-state index is 4.93. The molecule has 0 amide bonds. The van der Waals surface area contributed by atoms with Crippen molar-refractivity contribution in [1.29, 1.82) is 0 Å². The van der Waals surface area contributed by atoms with Crippen LogP contribution >= 0.6 is 11.3 Å². The Morgan fingerprint density at radius 3 is 2.86 bits per heavy atom. The predicted molar refractivity (Wildman–Crippen MR) is 57.7 cm³/mol. The SMILES string of the molecule is COCCNCCCc1nnc(C)s1. The lowest BCUT2D eigenvalue weighted by molar-refractivity contribution is 0.199. The predicted octanol–water partition coefficient (Wildman–Crippen LogP) is 1.02. The lowest BCUT2D eigenvalue weighted by Crippen LogP contribution is -2.20. The van der Waals surface area contributed by atoms with Crippen molar-refractivity contribution in [1.82, 2.24) is 15.5 Å². The Balaban J connectivity index is 1.99. The second-order valence-electron chi connectivity index (χ2n) is 3.06. The van der Waals surface area contributed by atoms with Crippen LogP contribution in [0, 0.1) is 6.92 Å². The summed E-state index contributed by atoms with van der Waals surface area (Å²) in [7, 11) is 1.71. The van der Waals surface area contributed by atoms with Gasteiger partial charge in [0.1, 0.15) is 10.0 Å². The molecular weight excluding hydrogens is 198 g/mol. The van der Waals surface area contributed by atoms with E-state index in [1.54, 1.807) is 18.4 Å². The van der Waals surface area contributed by atoms with Crippen LogP contribution in [-0.2, 0) is 11.2 Å². The number of hydrogen-bond acceptors (Lipinski definition) is 5. The van der Waals surface area contributed by atoms with E-state index in [0.717, 1.165) is 42.6 Å². The van der Waals surface area contributed by atoms with Gasteiger partial charge in [-0.1, -0.05) is 0 Å². The third-order valence-electron chi connectivity index (χ3n) is 1.80. The van der Waals surface area contributed by atoms with Crippen molar-refractivity contribution in [2.75, 3.05) is 26.8 Å². The molecule has 14 heavy (non-hydrogen) atoms. The van der Waals surface area contributed by atoms with Gasteiger partial charge in [-0.3, -0.25) is 0 Å². The summed E-state index contributed by atoms with van der Waals surface area (Å²) in [6.45, 7) is 4.70. The lowest BCUT2D eigenvalue weighted by Gasteiger charge is -2.01. The molecule has 1 aromatic heterocycles. The highest BCUT2D eigenvalue weighted by Gasteiger charge is 1.99. The summed E-state index contributed by atoms with van der Waals surface area (Å²) in [5.41, 5.74) is 0. The van der Waals surface area contributed by atoms with Gasteiger partial charge in [0, 0.05) is 20.1 Å². The second kappa shape index (κ2) is 6.86. The van der Waals surface area contributed by atoms with Crippen LogP contribution in [0.15, 0.2) is 0 Å². The van der Waals surface area contributed by atoms with E-state index in [9.17, 15) is 0 Å². The van der Waals surface area contributed by atoms with Crippen LogP contribution in [0.2, 0.25) is 0 Å². The van der Waals surface area contributed by atoms with Gasteiger partial charge in [0.2, 0.25) is 0 Å². The molecule has 0 saturated heterocycles. The second-order valence-corrected chi connectivity index (χ2v) is 4.33. The summed E-state index contributed by atoms with van der Waals surface area (Å²) in [6, 6.07) is 0. The maximum Gasteiger partial charge on any atom is 0.117 e. The van der Waals surface area contributed by atoms with Gasteiger partial charge in [0.05, 0.1) is 6.61 Å². The van der Waals surface area contributed by atoms with E-state index in [-0.39, 0.29) is 0 Å². The number of nitrogens with zero attached hydrogens (tertiary/aromatic N) is 2. The van der Waals surface area contributed by atoms with Crippen LogP contribution in [-0.4, -0.2) is 37.0 Å². The largest absolute Gasteiger partial charge is 0.383 e. The van der Waals surface area contributed by atoms with Crippen molar-refractivity contribution in [3.05, 3.63) is 10.0 Å². The van der Waals surface area contributed by atoms with Crippen molar-refractivity contribution in [3.63, 3.8) is 0 Å². The van der Waals surface area contributed by atoms with E-state index < -0.39 is 0 Å². The number of methoxy groups -OCH3 is 1. The molecular formula is C9H17N3OS. The Labute approximate surface area is 88.7 Å². The normalized spacial score (nSPS) is 10.7. The molecule has 1 aromatic rings. The highest BCUT2D eigenvalue weighted by Crippen LogP contribution is 2.09. The minimum Gasteiger partial charge on any atom is -0.383 e. The quantitative estimate of drug-likeness (QED) is 0.690. The molecule has 80 valence electrons. The fourth-order valence-electron chi connectivity index (χ4n) is 1.10. The minimum atomic E-state index is 0.776. The molecule has 0 saturated carbocycles. The maximum atomic E-state index is 4.93. The number of ether oxygens (including phenoxy) is 1. The van der Waals surface area contributed by atoms with E-state index >= 15 is 0 Å². The van der Waals surface area contributed by atoms with Crippen molar-refractivity contribution in [2.24, 2.45) is 0 Å². The summed E-state index contributed by atoms with van der Waals surface area (Å²) >= 11 is 1.68. The van der Waals surface area contributed by atoms with Crippen molar-refractivity contribution in [2.45, 2.75) is 19.8 Å². The number of rotatable bonds is 7. The highest BCUT2D eigenvalue weighted by molar-refractivity contribution is 7.11. The van der Waals surface area contributed by atoms with Crippen LogP contribution < -0.4 is 5.32 Å². The van der Waals surface area contributed by atoms with Gasteiger partial charge in [0.25, 0.3) is 0 Å². The molecule has 1 heterocycles. The Bertz CT molecular complexity index is 252. The molecule has 1 rings (SSSR count). The molecule has 1 N–H and O–H groups in total. The van der Waals surface area contributed by atoms with Gasteiger partial charge < -0.3 is 10.1 Å². The van der Waals surface area contributed by atoms with Crippen LogP contribution in [0.4, 0.5) is 0 Å². The zero-order valence-electron chi connectivity index (χ0n) is 8.75. The molecule has 0 aliphatic carbocycles. The molecule has 0 aliphatic rings. The zero-order valence-corrected chi connectivity index (χ0v) is 9.56. The Morgan fingerprint density at radius 1 is 1.36 bits per heavy atom. The summed E-state index contributed by atoms with van der Waals surface area (Å²) in [6.07, 6.45) is 2.13. The molecule has 0 aromatic carbocycles. The Hall–Kier alpha value is -0.520. The van der Waals surface area contributed by atoms with Gasteiger partial charge in [-0.15, -0.1) is 21.5 Å². The van der Waals surface area contributed by atoms with Gasteiger partial charge >= 0.3 is 0 Å². The van der Waals surface area contributed by atoms with Crippen LogP contribution in [0.1, 0.15) is 16.4 Å². The van der Waals surface area contributed by atoms with Gasteiger partial charge in [0.15, 0.2) is 0 Å². The third-order valence-corrected chi connectivity index (χ3v) is 2.69. The summed E-state index contributed by atoms with van der Waals surface area (Å²) in [5, 5.41) is 13.5. The number of aromatic nitrogens is 2. The molecule has 5 heteroatoms. The van der Waals surface area contributed by atoms with Gasteiger partial charge in [-0.25, -0.2) is 0 Å². The fraction of sp³-hybridized carbons (Fsp3) is 0.778. The summed E-state index contributed by atoms with van der Waals surface area (Å²) in [4.78, 5) is 0. The van der Waals surface area contributed by atoms with Crippen LogP contribution in [0.3, 0.4) is 0 Å².